The third kappa shape index (κ3) is 3.41. The maximum Gasteiger partial charge on any atom is 0.435 e. The van der Waals surface area contributed by atoms with Gasteiger partial charge in [0.1, 0.15) is 11.3 Å². The summed E-state index contributed by atoms with van der Waals surface area (Å²) in [5.41, 5.74) is 1.38. The minimum atomic E-state index is -4.47. The normalized spacial score (nSPS) is 14.7. The molecule has 0 unspecified atom stereocenters. The summed E-state index contributed by atoms with van der Waals surface area (Å²) in [6, 6.07) is 6.55. The number of hydrogen-bond acceptors (Lipinski definition) is 3. The van der Waals surface area contributed by atoms with Gasteiger partial charge in [0.25, 0.3) is 5.91 Å². The SMILES string of the molecule is Cc1nc2ccccn2c1C(=O)NCCn1nc(C(F)(F)F)cc1C1CC1. The first-order valence-electron chi connectivity index (χ1n) is 8.71. The molecule has 0 bridgehead atoms. The number of pyridine rings is 1. The molecule has 0 aliphatic heterocycles. The van der Waals surface area contributed by atoms with E-state index in [-0.39, 0.29) is 24.9 Å². The number of imidazole rings is 1. The van der Waals surface area contributed by atoms with Gasteiger partial charge in [-0.2, -0.15) is 18.3 Å². The Balaban J connectivity index is 1.47. The lowest BCUT2D eigenvalue weighted by molar-refractivity contribution is -0.141. The van der Waals surface area contributed by atoms with E-state index in [1.165, 1.54) is 4.68 Å². The van der Waals surface area contributed by atoms with Crippen molar-refractivity contribution in [2.24, 2.45) is 0 Å². The Labute approximate surface area is 153 Å². The predicted molar refractivity (Wildman–Crippen MR) is 91.5 cm³/mol. The van der Waals surface area contributed by atoms with E-state index < -0.39 is 11.9 Å². The molecule has 1 N–H and O–H groups in total. The number of nitrogens with one attached hydrogen (secondary N) is 1. The van der Waals surface area contributed by atoms with Crippen LogP contribution in [0.5, 0.6) is 0 Å². The summed E-state index contributed by atoms with van der Waals surface area (Å²) in [4.78, 5) is 16.9. The standard InChI is InChI=1S/C18H18F3N5O/c1-11-16(25-8-3-2-4-15(25)23-11)17(27)22-7-9-26-13(12-5-6-12)10-14(24-26)18(19,20)21/h2-4,8,10,12H,5-7,9H2,1H3,(H,22,27). The van der Waals surface area contributed by atoms with Crippen LogP contribution in [0.25, 0.3) is 5.65 Å². The minimum Gasteiger partial charge on any atom is -0.349 e. The van der Waals surface area contributed by atoms with Gasteiger partial charge >= 0.3 is 6.18 Å². The number of carbonyl (C=O) groups is 1. The highest BCUT2D eigenvalue weighted by Crippen LogP contribution is 2.42. The monoisotopic (exact) mass is 377 g/mol. The van der Waals surface area contributed by atoms with Gasteiger partial charge in [0.2, 0.25) is 0 Å². The average Bonchev–Trinajstić information content (AvgIpc) is 3.25. The third-order valence-electron chi connectivity index (χ3n) is 4.63. The molecule has 1 aliphatic rings. The van der Waals surface area contributed by atoms with Crippen molar-refractivity contribution in [2.45, 2.75) is 38.4 Å². The zero-order valence-corrected chi connectivity index (χ0v) is 14.6. The molecule has 27 heavy (non-hydrogen) atoms. The van der Waals surface area contributed by atoms with Gasteiger partial charge in [-0.1, -0.05) is 6.07 Å². The highest BCUT2D eigenvalue weighted by Gasteiger charge is 2.37. The number of rotatable bonds is 5. The summed E-state index contributed by atoms with van der Waals surface area (Å²) in [7, 11) is 0. The minimum absolute atomic E-state index is 0.130. The second kappa shape index (κ2) is 6.40. The fourth-order valence-corrected chi connectivity index (χ4v) is 3.20. The number of aromatic nitrogens is 4. The van der Waals surface area contributed by atoms with Crippen LogP contribution in [0.2, 0.25) is 0 Å². The number of nitrogens with zero attached hydrogens (tertiary/aromatic N) is 4. The molecule has 0 spiro atoms. The van der Waals surface area contributed by atoms with Crippen LogP contribution >= 0.6 is 0 Å². The van der Waals surface area contributed by atoms with E-state index in [1.54, 1.807) is 29.7 Å². The molecule has 1 saturated carbocycles. The van der Waals surface area contributed by atoms with Crippen molar-refractivity contribution in [3.05, 3.63) is 53.2 Å². The van der Waals surface area contributed by atoms with E-state index in [1.807, 2.05) is 6.07 Å². The number of carbonyl (C=O) groups excluding carboxylic acids is 1. The number of aryl methyl sites for hydroxylation is 1. The van der Waals surface area contributed by atoms with Gasteiger partial charge in [-0.15, -0.1) is 0 Å². The molecule has 0 atom stereocenters. The highest BCUT2D eigenvalue weighted by molar-refractivity contribution is 5.94. The Morgan fingerprint density at radius 2 is 2.11 bits per heavy atom. The van der Waals surface area contributed by atoms with Crippen molar-refractivity contribution >= 4 is 11.6 Å². The molecular formula is C18H18F3N5O. The summed E-state index contributed by atoms with van der Waals surface area (Å²) >= 11 is 0. The lowest BCUT2D eigenvalue weighted by Gasteiger charge is -2.09. The van der Waals surface area contributed by atoms with Crippen LogP contribution < -0.4 is 5.32 Å². The van der Waals surface area contributed by atoms with Gasteiger partial charge in [0.05, 0.1) is 12.2 Å². The molecule has 1 aliphatic carbocycles. The van der Waals surface area contributed by atoms with Crippen LogP contribution in [0, 0.1) is 6.92 Å². The summed E-state index contributed by atoms with van der Waals surface area (Å²) in [5, 5.41) is 6.45. The van der Waals surface area contributed by atoms with Crippen molar-refractivity contribution in [2.75, 3.05) is 6.54 Å². The Bertz CT molecular complexity index is 1000. The zero-order chi connectivity index (χ0) is 19.2. The van der Waals surface area contributed by atoms with E-state index in [2.05, 4.69) is 15.4 Å². The van der Waals surface area contributed by atoms with Crippen LogP contribution in [0.1, 0.15) is 46.3 Å². The van der Waals surface area contributed by atoms with Gasteiger partial charge in [-0.25, -0.2) is 4.98 Å². The first-order chi connectivity index (χ1) is 12.8. The Morgan fingerprint density at radius 1 is 1.33 bits per heavy atom. The van der Waals surface area contributed by atoms with Gasteiger partial charge < -0.3 is 5.32 Å². The highest BCUT2D eigenvalue weighted by atomic mass is 19.4. The van der Waals surface area contributed by atoms with Crippen LogP contribution in [0.4, 0.5) is 13.2 Å². The molecule has 1 amide bonds. The van der Waals surface area contributed by atoms with Crippen molar-refractivity contribution in [3.8, 4) is 0 Å². The van der Waals surface area contributed by atoms with Crippen molar-refractivity contribution in [3.63, 3.8) is 0 Å². The van der Waals surface area contributed by atoms with E-state index in [0.29, 0.717) is 22.7 Å². The quantitative estimate of drug-likeness (QED) is 0.743. The second-order valence-corrected chi connectivity index (χ2v) is 6.68. The molecular weight excluding hydrogens is 359 g/mol. The molecule has 6 nitrogen and oxygen atoms in total. The number of fused-ring (bicyclic) bond motifs is 1. The van der Waals surface area contributed by atoms with Crippen LogP contribution in [0.3, 0.4) is 0 Å². The summed E-state index contributed by atoms with van der Waals surface area (Å²) in [5.74, 6) is -0.187. The second-order valence-electron chi connectivity index (χ2n) is 6.68. The molecule has 3 aromatic heterocycles. The molecule has 3 aromatic rings. The molecule has 4 rings (SSSR count). The van der Waals surface area contributed by atoms with Crippen LogP contribution in [-0.4, -0.2) is 31.6 Å². The number of amides is 1. The Morgan fingerprint density at radius 3 is 2.81 bits per heavy atom. The van der Waals surface area contributed by atoms with Gasteiger partial charge in [0.15, 0.2) is 5.69 Å². The summed E-state index contributed by atoms with van der Waals surface area (Å²) < 4.78 is 41.9. The molecule has 3 heterocycles. The topological polar surface area (TPSA) is 64.2 Å². The molecule has 9 heteroatoms. The van der Waals surface area contributed by atoms with E-state index in [4.69, 9.17) is 0 Å². The van der Waals surface area contributed by atoms with Crippen molar-refractivity contribution in [1.82, 2.24) is 24.5 Å². The number of alkyl halides is 3. The van der Waals surface area contributed by atoms with E-state index in [9.17, 15) is 18.0 Å². The summed E-state index contributed by atoms with van der Waals surface area (Å²) in [6.45, 7) is 2.11. The van der Waals surface area contributed by atoms with E-state index >= 15 is 0 Å². The fourth-order valence-electron chi connectivity index (χ4n) is 3.20. The van der Waals surface area contributed by atoms with Crippen molar-refractivity contribution in [1.29, 1.82) is 0 Å². The fraction of sp³-hybridized carbons (Fsp3) is 0.389. The van der Waals surface area contributed by atoms with Crippen LogP contribution in [-0.2, 0) is 12.7 Å². The van der Waals surface area contributed by atoms with Crippen LogP contribution in [0.15, 0.2) is 30.5 Å². The molecule has 0 radical (unpaired) electrons. The zero-order valence-electron chi connectivity index (χ0n) is 14.6. The Hall–Kier alpha value is -2.84. The first-order valence-corrected chi connectivity index (χ1v) is 8.71. The maximum atomic E-state index is 12.9. The smallest absolute Gasteiger partial charge is 0.349 e. The molecule has 1 fully saturated rings. The molecule has 0 saturated heterocycles. The Kier molecular flexibility index (Phi) is 4.16. The molecule has 0 aromatic carbocycles. The first kappa shape index (κ1) is 17.6. The van der Waals surface area contributed by atoms with Gasteiger partial charge in [0, 0.05) is 24.4 Å². The lowest BCUT2D eigenvalue weighted by Crippen LogP contribution is -2.29. The summed E-state index contributed by atoms with van der Waals surface area (Å²) in [6.07, 6.45) is -0.975. The number of halogens is 3. The number of hydrogen-bond donors (Lipinski definition) is 1. The largest absolute Gasteiger partial charge is 0.435 e. The molecule has 142 valence electrons. The van der Waals surface area contributed by atoms with Gasteiger partial charge in [-0.3, -0.25) is 13.9 Å². The lowest BCUT2D eigenvalue weighted by atomic mass is 10.2. The predicted octanol–water partition coefficient (Wildman–Crippen LogP) is 3.17. The van der Waals surface area contributed by atoms with Crippen molar-refractivity contribution < 1.29 is 18.0 Å². The maximum absolute atomic E-state index is 12.9. The van der Waals surface area contributed by atoms with Gasteiger partial charge in [-0.05, 0) is 38.0 Å². The van der Waals surface area contributed by atoms with E-state index in [0.717, 1.165) is 18.9 Å². The third-order valence-corrected chi connectivity index (χ3v) is 4.63. The average molecular weight is 377 g/mol.